The molecule has 1 rings (SSSR count). The lowest BCUT2D eigenvalue weighted by Gasteiger charge is -2.06. The molecule has 7 heteroatoms. The molecule has 1 amide bonds. The zero-order chi connectivity index (χ0) is 12.7. The van der Waals surface area contributed by atoms with Crippen molar-refractivity contribution in [3.8, 4) is 0 Å². The summed E-state index contributed by atoms with van der Waals surface area (Å²) in [5, 5.41) is 0. The van der Waals surface area contributed by atoms with Crippen molar-refractivity contribution in [2.75, 3.05) is 6.54 Å². The van der Waals surface area contributed by atoms with Crippen LogP contribution in [0.5, 0.6) is 0 Å². The van der Waals surface area contributed by atoms with Gasteiger partial charge in [0, 0.05) is 6.42 Å². The van der Waals surface area contributed by atoms with Crippen LogP contribution in [0.15, 0.2) is 35.2 Å². The molecule has 0 aromatic heterocycles. The molecule has 0 spiro atoms. The Morgan fingerprint density at radius 2 is 1.78 bits per heavy atom. The van der Waals surface area contributed by atoms with Gasteiger partial charge in [-0.15, -0.1) is 12.4 Å². The van der Waals surface area contributed by atoms with Crippen molar-refractivity contribution in [3.63, 3.8) is 0 Å². The van der Waals surface area contributed by atoms with Gasteiger partial charge in [0.05, 0.1) is 4.90 Å². The maximum absolute atomic E-state index is 11.7. The Bertz CT molecular complexity index is 462. The minimum Gasteiger partial charge on any atom is -0.330 e. The van der Waals surface area contributed by atoms with Crippen LogP contribution in [-0.4, -0.2) is 20.9 Å². The van der Waals surface area contributed by atoms with Gasteiger partial charge in [-0.05, 0) is 31.5 Å². The van der Waals surface area contributed by atoms with Gasteiger partial charge in [-0.25, -0.2) is 13.1 Å². The third kappa shape index (κ3) is 5.48. The molecule has 0 aliphatic rings. The molecule has 0 aliphatic heterocycles. The number of amides is 1. The highest BCUT2D eigenvalue weighted by atomic mass is 35.5. The molecule has 1 aromatic rings. The molecule has 0 saturated carbocycles. The fraction of sp³-hybridized carbons (Fsp3) is 0.364. The van der Waals surface area contributed by atoms with E-state index in [-0.39, 0.29) is 23.7 Å². The van der Waals surface area contributed by atoms with Gasteiger partial charge in [0.15, 0.2) is 0 Å². The van der Waals surface area contributed by atoms with Gasteiger partial charge >= 0.3 is 0 Å². The molecule has 0 radical (unpaired) electrons. The Morgan fingerprint density at radius 1 is 1.17 bits per heavy atom. The summed E-state index contributed by atoms with van der Waals surface area (Å²) in [6.45, 7) is 0.499. The van der Waals surface area contributed by atoms with Crippen molar-refractivity contribution in [2.45, 2.75) is 24.2 Å². The molecular weight excluding hydrogens is 276 g/mol. The first-order valence-corrected chi connectivity index (χ1v) is 6.85. The Hall–Kier alpha value is -1.11. The van der Waals surface area contributed by atoms with Crippen LogP contribution in [0.3, 0.4) is 0 Å². The van der Waals surface area contributed by atoms with Crippen LogP contribution in [0.1, 0.15) is 19.3 Å². The Kier molecular flexibility index (Phi) is 7.58. The summed E-state index contributed by atoms with van der Waals surface area (Å²) in [6, 6.07) is 7.80. The molecule has 0 atom stereocenters. The fourth-order valence-corrected chi connectivity index (χ4v) is 2.32. The highest BCUT2D eigenvalue weighted by Gasteiger charge is 2.16. The summed E-state index contributed by atoms with van der Waals surface area (Å²) >= 11 is 0. The largest absolute Gasteiger partial charge is 0.330 e. The van der Waals surface area contributed by atoms with Crippen LogP contribution in [0, 0.1) is 0 Å². The van der Waals surface area contributed by atoms with Crippen LogP contribution in [0.25, 0.3) is 0 Å². The molecule has 102 valence electrons. The molecule has 18 heavy (non-hydrogen) atoms. The van der Waals surface area contributed by atoms with Crippen LogP contribution < -0.4 is 10.5 Å². The molecule has 0 unspecified atom stereocenters. The third-order valence-electron chi connectivity index (χ3n) is 2.16. The number of halogens is 1. The van der Waals surface area contributed by atoms with Gasteiger partial charge in [0.25, 0.3) is 10.0 Å². The number of rotatable bonds is 6. The van der Waals surface area contributed by atoms with E-state index in [1.807, 2.05) is 4.72 Å². The van der Waals surface area contributed by atoms with E-state index in [0.29, 0.717) is 19.4 Å². The predicted molar refractivity (Wildman–Crippen MR) is 71.9 cm³/mol. The van der Waals surface area contributed by atoms with Crippen molar-refractivity contribution < 1.29 is 13.2 Å². The highest BCUT2D eigenvalue weighted by molar-refractivity contribution is 7.90. The van der Waals surface area contributed by atoms with Gasteiger partial charge in [-0.2, -0.15) is 0 Å². The SMILES string of the molecule is Cl.NCCCCC(=O)NS(=O)(=O)c1ccccc1. The zero-order valence-corrected chi connectivity index (χ0v) is 11.5. The molecule has 1 aromatic carbocycles. The van der Waals surface area contributed by atoms with Crippen LogP contribution in [0.2, 0.25) is 0 Å². The lowest BCUT2D eigenvalue weighted by atomic mass is 10.2. The van der Waals surface area contributed by atoms with Gasteiger partial charge < -0.3 is 5.73 Å². The number of hydrogen-bond acceptors (Lipinski definition) is 4. The maximum atomic E-state index is 11.7. The van der Waals surface area contributed by atoms with E-state index in [1.165, 1.54) is 12.1 Å². The number of nitrogens with two attached hydrogens (primary N) is 1. The molecule has 0 aliphatic carbocycles. The van der Waals surface area contributed by atoms with E-state index >= 15 is 0 Å². The monoisotopic (exact) mass is 292 g/mol. The van der Waals surface area contributed by atoms with E-state index in [1.54, 1.807) is 18.2 Å². The van der Waals surface area contributed by atoms with Crippen LogP contribution in [0.4, 0.5) is 0 Å². The second kappa shape index (κ2) is 8.07. The van der Waals surface area contributed by atoms with E-state index < -0.39 is 15.9 Å². The minimum absolute atomic E-state index is 0. The van der Waals surface area contributed by atoms with E-state index in [2.05, 4.69) is 0 Å². The Morgan fingerprint density at radius 3 is 2.33 bits per heavy atom. The van der Waals surface area contributed by atoms with Crippen LogP contribution >= 0.6 is 12.4 Å². The molecular formula is C11H17ClN2O3S. The summed E-state index contributed by atoms with van der Waals surface area (Å²) in [4.78, 5) is 11.5. The quantitative estimate of drug-likeness (QED) is 0.767. The highest BCUT2D eigenvalue weighted by Crippen LogP contribution is 2.07. The summed E-state index contributed by atoms with van der Waals surface area (Å²) in [7, 11) is -3.73. The number of sulfonamides is 1. The van der Waals surface area contributed by atoms with Gasteiger partial charge in [-0.1, -0.05) is 18.2 Å². The van der Waals surface area contributed by atoms with Gasteiger partial charge in [-0.3, -0.25) is 4.79 Å². The van der Waals surface area contributed by atoms with Crippen molar-refractivity contribution in [1.82, 2.24) is 4.72 Å². The summed E-state index contributed by atoms with van der Waals surface area (Å²) < 4.78 is 25.5. The second-order valence-electron chi connectivity index (χ2n) is 3.59. The minimum atomic E-state index is -3.73. The first-order valence-electron chi connectivity index (χ1n) is 5.37. The number of unbranched alkanes of at least 4 members (excludes halogenated alkanes) is 1. The number of nitrogens with one attached hydrogen (secondary N) is 1. The standard InChI is InChI=1S/C11H16N2O3S.ClH/c12-9-5-4-8-11(14)13-17(15,16)10-6-2-1-3-7-10;/h1-3,6-7H,4-5,8-9,12H2,(H,13,14);1H. The Balaban J connectivity index is 0.00000289. The van der Waals surface area contributed by atoms with Crippen molar-refractivity contribution in [3.05, 3.63) is 30.3 Å². The lowest BCUT2D eigenvalue weighted by Crippen LogP contribution is -2.30. The number of benzene rings is 1. The topological polar surface area (TPSA) is 89.3 Å². The predicted octanol–water partition coefficient (Wildman–Crippen LogP) is 1.04. The lowest BCUT2D eigenvalue weighted by molar-refractivity contribution is -0.119. The number of carbonyl (C=O) groups excluding carboxylic acids is 1. The normalized spacial score (nSPS) is 10.5. The first-order chi connectivity index (χ1) is 8.06. The fourth-order valence-electron chi connectivity index (χ4n) is 1.29. The number of hydrogen-bond donors (Lipinski definition) is 2. The molecule has 5 nitrogen and oxygen atoms in total. The van der Waals surface area contributed by atoms with E-state index in [4.69, 9.17) is 5.73 Å². The van der Waals surface area contributed by atoms with Gasteiger partial charge in [0.2, 0.25) is 5.91 Å². The number of carbonyl (C=O) groups is 1. The van der Waals surface area contributed by atoms with Crippen molar-refractivity contribution >= 4 is 28.3 Å². The van der Waals surface area contributed by atoms with Crippen LogP contribution in [-0.2, 0) is 14.8 Å². The maximum Gasteiger partial charge on any atom is 0.264 e. The van der Waals surface area contributed by atoms with E-state index in [9.17, 15) is 13.2 Å². The zero-order valence-electron chi connectivity index (χ0n) is 9.83. The summed E-state index contributed by atoms with van der Waals surface area (Å²) in [6.07, 6.45) is 1.47. The average molecular weight is 293 g/mol. The third-order valence-corrected chi connectivity index (χ3v) is 3.55. The average Bonchev–Trinajstić information content (AvgIpc) is 2.30. The van der Waals surface area contributed by atoms with E-state index in [0.717, 1.165) is 0 Å². The molecule has 0 saturated heterocycles. The van der Waals surface area contributed by atoms with Crippen molar-refractivity contribution in [2.24, 2.45) is 5.73 Å². The van der Waals surface area contributed by atoms with Crippen molar-refractivity contribution in [1.29, 1.82) is 0 Å². The first kappa shape index (κ1) is 16.9. The molecule has 0 heterocycles. The molecule has 0 fully saturated rings. The Labute approximate surface area is 113 Å². The van der Waals surface area contributed by atoms with Gasteiger partial charge in [0.1, 0.15) is 0 Å². The summed E-state index contributed by atoms with van der Waals surface area (Å²) in [5.74, 6) is -0.498. The smallest absolute Gasteiger partial charge is 0.264 e. The molecule has 0 bridgehead atoms. The second-order valence-corrected chi connectivity index (χ2v) is 5.27. The molecule has 3 N–H and O–H groups in total. The summed E-state index contributed by atoms with van der Waals surface area (Å²) in [5.41, 5.74) is 5.28.